The second-order valence-corrected chi connectivity index (χ2v) is 6.37. The zero-order valence-corrected chi connectivity index (χ0v) is 15.6. The molecule has 0 spiro atoms. The molecule has 2 aromatic rings. The summed E-state index contributed by atoms with van der Waals surface area (Å²) in [5, 5.41) is 2.87. The van der Waals surface area contributed by atoms with E-state index < -0.39 is 6.10 Å². The molecule has 0 bridgehead atoms. The lowest BCUT2D eigenvalue weighted by atomic mass is 10.2. The normalized spacial score (nSPS) is 17.2. The molecule has 0 aliphatic carbocycles. The van der Waals surface area contributed by atoms with Crippen molar-refractivity contribution in [3.8, 4) is 17.2 Å². The number of rotatable bonds is 8. The highest BCUT2D eigenvalue weighted by molar-refractivity contribution is 5.95. The molecule has 144 valence electrons. The maximum atomic E-state index is 12.5. The first-order valence-corrected chi connectivity index (χ1v) is 9.10. The summed E-state index contributed by atoms with van der Waals surface area (Å²) in [6.07, 6.45) is 1.52. The molecule has 0 saturated carbocycles. The number of carbonyl (C=O) groups excluding carboxylic acids is 1. The summed E-state index contributed by atoms with van der Waals surface area (Å²) in [5.74, 6) is 1.70. The smallest absolute Gasteiger partial charge is 0.265 e. The molecule has 27 heavy (non-hydrogen) atoms. The second kappa shape index (κ2) is 9.28. The predicted molar refractivity (Wildman–Crippen MR) is 103 cm³/mol. The Kier molecular flexibility index (Phi) is 6.54. The number of anilines is 1. The minimum Gasteiger partial charge on any atom is -0.497 e. The van der Waals surface area contributed by atoms with E-state index in [9.17, 15) is 4.79 Å². The third-order valence-corrected chi connectivity index (χ3v) is 4.34. The summed E-state index contributed by atoms with van der Waals surface area (Å²) in [5.41, 5.74) is 0.616. The lowest BCUT2D eigenvalue weighted by Gasteiger charge is -2.18. The molecular weight excluding hydrogens is 346 g/mol. The van der Waals surface area contributed by atoms with Gasteiger partial charge in [-0.15, -0.1) is 0 Å². The Hall–Kier alpha value is -2.73. The van der Waals surface area contributed by atoms with Gasteiger partial charge in [-0.3, -0.25) is 4.79 Å². The average molecular weight is 371 g/mol. The Labute approximate surface area is 159 Å². The Morgan fingerprint density at radius 2 is 1.93 bits per heavy atom. The van der Waals surface area contributed by atoms with E-state index in [4.69, 9.17) is 18.9 Å². The standard InChI is InChI=1S/C21H25NO5/c1-15(27-17-11-9-16(24-2)10-12-17)21(23)22-19-7-3-4-8-20(19)26-14-18-6-5-13-25-18/h3-4,7-12,15,18H,5-6,13-14H2,1-2H3,(H,22,23)/t15-,18-/m0/s1. The third-order valence-electron chi connectivity index (χ3n) is 4.34. The van der Waals surface area contributed by atoms with Gasteiger partial charge in [0.25, 0.3) is 5.91 Å². The van der Waals surface area contributed by atoms with E-state index in [1.807, 2.05) is 24.3 Å². The molecule has 1 aliphatic heterocycles. The maximum Gasteiger partial charge on any atom is 0.265 e. The van der Waals surface area contributed by atoms with Gasteiger partial charge >= 0.3 is 0 Å². The molecule has 0 unspecified atom stereocenters. The van der Waals surface area contributed by atoms with Gasteiger partial charge in [0.15, 0.2) is 6.10 Å². The lowest BCUT2D eigenvalue weighted by molar-refractivity contribution is -0.122. The van der Waals surface area contributed by atoms with Gasteiger partial charge < -0.3 is 24.3 Å². The van der Waals surface area contributed by atoms with Crippen molar-refractivity contribution in [2.75, 3.05) is 25.6 Å². The molecule has 1 fully saturated rings. The minimum atomic E-state index is -0.662. The van der Waals surface area contributed by atoms with E-state index in [2.05, 4.69) is 5.32 Å². The number of ether oxygens (including phenoxy) is 4. The summed E-state index contributed by atoms with van der Waals surface area (Å²) < 4.78 is 22.2. The summed E-state index contributed by atoms with van der Waals surface area (Å²) >= 11 is 0. The van der Waals surface area contributed by atoms with Crippen molar-refractivity contribution >= 4 is 11.6 Å². The largest absolute Gasteiger partial charge is 0.497 e. The molecule has 1 N–H and O–H groups in total. The van der Waals surface area contributed by atoms with Crippen LogP contribution in [0.25, 0.3) is 0 Å². The highest BCUT2D eigenvalue weighted by Gasteiger charge is 2.19. The number of para-hydroxylation sites is 2. The number of nitrogens with one attached hydrogen (secondary N) is 1. The Morgan fingerprint density at radius 1 is 1.19 bits per heavy atom. The van der Waals surface area contributed by atoms with E-state index in [0.717, 1.165) is 25.2 Å². The fourth-order valence-electron chi connectivity index (χ4n) is 2.80. The summed E-state index contributed by atoms with van der Waals surface area (Å²) in [7, 11) is 1.60. The monoisotopic (exact) mass is 371 g/mol. The molecule has 1 heterocycles. The molecule has 2 aromatic carbocycles. The van der Waals surface area contributed by atoms with Gasteiger partial charge in [-0.05, 0) is 56.2 Å². The van der Waals surface area contributed by atoms with Gasteiger partial charge in [-0.25, -0.2) is 0 Å². The Balaban J connectivity index is 1.57. The molecule has 0 aromatic heterocycles. The van der Waals surface area contributed by atoms with Gasteiger partial charge in [0, 0.05) is 6.61 Å². The number of hydrogen-bond donors (Lipinski definition) is 1. The lowest BCUT2D eigenvalue weighted by Crippen LogP contribution is -2.30. The Bertz CT molecular complexity index is 740. The van der Waals surface area contributed by atoms with Gasteiger partial charge in [0.2, 0.25) is 0 Å². The fraction of sp³-hybridized carbons (Fsp3) is 0.381. The van der Waals surface area contributed by atoms with Crippen LogP contribution in [0.1, 0.15) is 19.8 Å². The number of benzene rings is 2. The summed E-state index contributed by atoms with van der Waals surface area (Å²) in [4.78, 5) is 12.5. The van der Waals surface area contributed by atoms with Crippen LogP contribution in [0.15, 0.2) is 48.5 Å². The molecule has 1 amide bonds. The van der Waals surface area contributed by atoms with Crippen LogP contribution < -0.4 is 19.5 Å². The fourth-order valence-corrected chi connectivity index (χ4v) is 2.80. The quantitative estimate of drug-likeness (QED) is 0.767. The molecule has 3 rings (SSSR count). The van der Waals surface area contributed by atoms with Crippen molar-refractivity contribution in [3.05, 3.63) is 48.5 Å². The molecule has 0 radical (unpaired) electrons. The van der Waals surface area contributed by atoms with Crippen molar-refractivity contribution < 1.29 is 23.7 Å². The van der Waals surface area contributed by atoms with Gasteiger partial charge in [0.05, 0.1) is 18.9 Å². The first-order valence-electron chi connectivity index (χ1n) is 9.10. The topological polar surface area (TPSA) is 66.0 Å². The zero-order valence-electron chi connectivity index (χ0n) is 15.6. The Morgan fingerprint density at radius 3 is 2.63 bits per heavy atom. The zero-order chi connectivity index (χ0) is 19.1. The van der Waals surface area contributed by atoms with Gasteiger partial charge in [-0.2, -0.15) is 0 Å². The van der Waals surface area contributed by atoms with Crippen molar-refractivity contribution in [2.45, 2.75) is 32.0 Å². The number of methoxy groups -OCH3 is 1. The van der Waals surface area contributed by atoms with Crippen LogP contribution in [0.2, 0.25) is 0 Å². The molecule has 1 saturated heterocycles. The predicted octanol–water partition coefficient (Wildman–Crippen LogP) is 3.66. The first-order chi connectivity index (χ1) is 13.2. The number of carbonyl (C=O) groups is 1. The number of hydrogen-bond acceptors (Lipinski definition) is 5. The van der Waals surface area contributed by atoms with E-state index in [0.29, 0.717) is 23.8 Å². The minimum absolute atomic E-state index is 0.117. The summed E-state index contributed by atoms with van der Waals surface area (Å²) in [6, 6.07) is 14.5. The van der Waals surface area contributed by atoms with Crippen LogP contribution in [0.3, 0.4) is 0 Å². The van der Waals surface area contributed by atoms with Gasteiger partial charge in [-0.1, -0.05) is 12.1 Å². The SMILES string of the molecule is COc1ccc(O[C@@H](C)C(=O)Nc2ccccc2OC[C@@H]2CCCO2)cc1. The molecule has 2 atom stereocenters. The van der Waals surface area contributed by atoms with Crippen molar-refractivity contribution in [1.82, 2.24) is 0 Å². The third kappa shape index (κ3) is 5.37. The van der Waals surface area contributed by atoms with Crippen molar-refractivity contribution in [3.63, 3.8) is 0 Å². The molecular formula is C21H25NO5. The highest BCUT2D eigenvalue weighted by Crippen LogP contribution is 2.26. The van der Waals surface area contributed by atoms with E-state index >= 15 is 0 Å². The molecule has 6 nitrogen and oxygen atoms in total. The number of amides is 1. The van der Waals surface area contributed by atoms with Crippen LogP contribution in [0.4, 0.5) is 5.69 Å². The first kappa shape index (κ1) is 19.0. The average Bonchev–Trinajstić information content (AvgIpc) is 3.21. The van der Waals surface area contributed by atoms with E-state index in [1.165, 1.54) is 0 Å². The summed E-state index contributed by atoms with van der Waals surface area (Å²) in [6.45, 7) is 2.97. The van der Waals surface area contributed by atoms with Gasteiger partial charge in [0.1, 0.15) is 23.9 Å². The maximum absolute atomic E-state index is 12.5. The molecule has 1 aliphatic rings. The van der Waals surface area contributed by atoms with Crippen LogP contribution in [0.5, 0.6) is 17.2 Å². The van der Waals surface area contributed by atoms with Crippen LogP contribution >= 0.6 is 0 Å². The van der Waals surface area contributed by atoms with Crippen LogP contribution in [-0.4, -0.2) is 38.4 Å². The van der Waals surface area contributed by atoms with Crippen molar-refractivity contribution in [1.29, 1.82) is 0 Å². The molecule has 6 heteroatoms. The van der Waals surface area contributed by atoms with Crippen LogP contribution in [0, 0.1) is 0 Å². The van der Waals surface area contributed by atoms with E-state index in [1.54, 1.807) is 38.3 Å². The van der Waals surface area contributed by atoms with Crippen molar-refractivity contribution in [2.24, 2.45) is 0 Å². The van der Waals surface area contributed by atoms with E-state index in [-0.39, 0.29) is 12.0 Å². The highest BCUT2D eigenvalue weighted by atomic mass is 16.5. The second-order valence-electron chi connectivity index (χ2n) is 6.37. The van der Waals surface area contributed by atoms with Crippen LogP contribution in [-0.2, 0) is 9.53 Å².